The van der Waals surface area contributed by atoms with Crippen LogP contribution in [0, 0.1) is 0 Å². The summed E-state index contributed by atoms with van der Waals surface area (Å²) in [5, 5.41) is 3.05. The lowest BCUT2D eigenvalue weighted by atomic mass is 10.0. The molecule has 0 aliphatic carbocycles. The van der Waals surface area contributed by atoms with Gasteiger partial charge in [0.25, 0.3) is 0 Å². The first-order chi connectivity index (χ1) is 14.8. The smallest absolute Gasteiger partial charge is 0.317 e. The number of carbonyl (C=O) groups excluding carboxylic acids is 1. The maximum Gasteiger partial charge on any atom is 0.317 e. The van der Waals surface area contributed by atoms with Crippen LogP contribution in [-0.2, 0) is 6.42 Å². The van der Waals surface area contributed by atoms with E-state index < -0.39 is 0 Å². The van der Waals surface area contributed by atoms with E-state index in [1.165, 1.54) is 16.7 Å². The molecule has 0 saturated carbocycles. The number of hydrogen-bond acceptors (Lipinski definition) is 3. The lowest BCUT2D eigenvalue weighted by molar-refractivity contribution is 0.107. The number of benzene rings is 2. The van der Waals surface area contributed by atoms with E-state index >= 15 is 0 Å². The quantitative estimate of drug-likeness (QED) is 0.660. The zero-order chi connectivity index (χ0) is 20.6. The summed E-state index contributed by atoms with van der Waals surface area (Å²) in [5.41, 5.74) is 3.64. The summed E-state index contributed by atoms with van der Waals surface area (Å²) in [6.07, 6.45) is 4.32. The second kappa shape index (κ2) is 9.92. The van der Waals surface area contributed by atoms with Crippen molar-refractivity contribution in [1.82, 2.24) is 15.2 Å². The van der Waals surface area contributed by atoms with E-state index in [0.717, 1.165) is 19.3 Å². The van der Waals surface area contributed by atoms with Crippen LogP contribution in [0.3, 0.4) is 0 Å². The maximum atomic E-state index is 12.5. The lowest BCUT2D eigenvalue weighted by Gasteiger charge is -2.31. The van der Waals surface area contributed by atoms with Gasteiger partial charge in [0, 0.05) is 44.7 Å². The van der Waals surface area contributed by atoms with Crippen LogP contribution in [-0.4, -0.2) is 41.7 Å². The molecule has 2 aromatic carbocycles. The van der Waals surface area contributed by atoms with Crippen molar-refractivity contribution in [2.24, 2.45) is 0 Å². The lowest BCUT2D eigenvalue weighted by Crippen LogP contribution is -2.46. The molecule has 5 nitrogen and oxygen atoms in total. The molecule has 5 heteroatoms. The van der Waals surface area contributed by atoms with E-state index in [4.69, 9.17) is 4.74 Å². The Hall–Kier alpha value is -3.34. The fourth-order valence-electron chi connectivity index (χ4n) is 3.68. The molecule has 0 bridgehead atoms. The fraction of sp³-hybridized carbons (Fsp3) is 0.280. The Morgan fingerprint density at radius 2 is 1.63 bits per heavy atom. The summed E-state index contributed by atoms with van der Waals surface area (Å²) >= 11 is 0. The number of nitrogens with one attached hydrogen (secondary N) is 1. The van der Waals surface area contributed by atoms with Gasteiger partial charge >= 0.3 is 6.03 Å². The van der Waals surface area contributed by atoms with Gasteiger partial charge in [-0.2, -0.15) is 0 Å². The van der Waals surface area contributed by atoms with Gasteiger partial charge in [-0.1, -0.05) is 60.7 Å². The van der Waals surface area contributed by atoms with Crippen molar-refractivity contribution < 1.29 is 9.53 Å². The van der Waals surface area contributed by atoms with Gasteiger partial charge in [0.1, 0.15) is 6.10 Å². The Morgan fingerprint density at radius 3 is 2.33 bits per heavy atom. The van der Waals surface area contributed by atoms with E-state index in [1.54, 1.807) is 6.20 Å². The predicted octanol–water partition coefficient (Wildman–Crippen LogP) is 4.54. The van der Waals surface area contributed by atoms with Crippen LogP contribution >= 0.6 is 0 Å². The molecule has 1 aliphatic rings. The summed E-state index contributed by atoms with van der Waals surface area (Å²) in [7, 11) is 0. The number of hydrogen-bond donors (Lipinski definition) is 1. The summed E-state index contributed by atoms with van der Waals surface area (Å²) in [5.74, 6) is 0.652. The number of rotatable bonds is 6. The number of pyridine rings is 1. The molecule has 1 N–H and O–H groups in total. The average molecular weight is 402 g/mol. The first-order valence-corrected chi connectivity index (χ1v) is 10.5. The molecule has 1 aliphatic heterocycles. The minimum Gasteiger partial charge on any atom is -0.474 e. The zero-order valence-corrected chi connectivity index (χ0v) is 17.0. The summed E-state index contributed by atoms with van der Waals surface area (Å²) in [6.45, 7) is 2.04. The van der Waals surface area contributed by atoms with Crippen molar-refractivity contribution in [1.29, 1.82) is 0 Å². The van der Waals surface area contributed by atoms with Gasteiger partial charge in [-0.15, -0.1) is 0 Å². The van der Waals surface area contributed by atoms with Crippen LogP contribution in [0.5, 0.6) is 5.88 Å². The van der Waals surface area contributed by atoms with Gasteiger partial charge in [-0.05, 0) is 29.2 Å². The Kier molecular flexibility index (Phi) is 6.60. The Labute approximate surface area is 177 Å². The molecule has 3 aromatic rings. The molecule has 0 unspecified atom stereocenters. The number of nitrogens with zero attached hydrogens (tertiary/aromatic N) is 2. The highest BCUT2D eigenvalue weighted by atomic mass is 16.5. The van der Waals surface area contributed by atoms with Crippen molar-refractivity contribution in [3.05, 3.63) is 84.6 Å². The second-order valence-electron chi connectivity index (χ2n) is 7.52. The largest absolute Gasteiger partial charge is 0.474 e. The number of amides is 2. The monoisotopic (exact) mass is 401 g/mol. The molecule has 30 heavy (non-hydrogen) atoms. The van der Waals surface area contributed by atoms with Crippen molar-refractivity contribution in [3.63, 3.8) is 0 Å². The maximum absolute atomic E-state index is 12.5. The normalized spacial score (nSPS) is 14.3. The summed E-state index contributed by atoms with van der Waals surface area (Å²) in [6, 6.07) is 24.5. The SMILES string of the molecule is O=C(NCCc1ccc(-c2ccccc2)cc1)N1CCC(Oc2ccccn2)CC1. The predicted molar refractivity (Wildman–Crippen MR) is 118 cm³/mol. The highest BCUT2D eigenvalue weighted by molar-refractivity contribution is 5.74. The molecule has 4 rings (SSSR count). The van der Waals surface area contributed by atoms with Crippen molar-refractivity contribution in [3.8, 4) is 17.0 Å². The van der Waals surface area contributed by atoms with Crippen LogP contribution in [0.2, 0.25) is 0 Å². The molecule has 2 amide bonds. The number of aromatic nitrogens is 1. The number of ether oxygens (including phenoxy) is 1. The molecular weight excluding hydrogens is 374 g/mol. The van der Waals surface area contributed by atoms with Crippen LogP contribution in [0.4, 0.5) is 4.79 Å². The van der Waals surface area contributed by atoms with Crippen LogP contribution in [0.1, 0.15) is 18.4 Å². The Bertz CT molecular complexity index is 922. The third kappa shape index (κ3) is 5.38. The van der Waals surface area contributed by atoms with Crippen molar-refractivity contribution >= 4 is 6.03 Å². The van der Waals surface area contributed by atoms with E-state index in [-0.39, 0.29) is 12.1 Å². The van der Waals surface area contributed by atoms with Crippen molar-refractivity contribution in [2.75, 3.05) is 19.6 Å². The molecule has 0 atom stereocenters. The molecule has 1 saturated heterocycles. The fourth-order valence-corrected chi connectivity index (χ4v) is 3.68. The van der Waals surface area contributed by atoms with Crippen LogP contribution < -0.4 is 10.1 Å². The van der Waals surface area contributed by atoms with E-state index in [0.29, 0.717) is 25.5 Å². The van der Waals surface area contributed by atoms with Crippen LogP contribution in [0.25, 0.3) is 11.1 Å². The standard InChI is InChI=1S/C25H27N3O2/c29-25(28-18-14-23(15-19-28)30-24-8-4-5-16-26-24)27-17-13-20-9-11-22(12-10-20)21-6-2-1-3-7-21/h1-12,16,23H,13-15,17-19H2,(H,27,29). The molecule has 2 heterocycles. The number of urea groups is 1. The number of carbonyl (C=O) groups is 1. The van der Waals surface area contributed by atoms with E-state index in [2.05, 4.69) is 46.7 Å². The summed E-state index contributed by atoms with van der Waals surface area (Å²) < 4.78 is 5.89. The number of likely N-dealkylation sites (tertiary alicyclic amines) is 1. The second-order valence-corrected chi connectivity index (χ2v) is 7.52. The first-order valence-electron chi connectivity index (χ1n) is 10.5. The van der Waals surface area contributed by atoms with Gasteiger partial charge in [0.2, 0.25) is 5.88 Å². The summed E-state index contributed by atoms with van der Waals surface area (Å²) in [4.78, 5) is 18.5. The van der Waals surface area contributed by atoms with E-state index in [1.807, 2.05) is 41.3 Å². The van der Waals surface area contributed by atoms with Gasteiger partial charge in [0.15, 0.2) is 0 Å². The first kappa shape index (κ1) is 20.0. The molecule has 154 valence electrons. The van der Waals surface area contributed by atoms with Gasteiger partial charge < -0.3 is 15.0 Å². The highest BCUT2D eigenvalue weighted by Crippen LogP contribution is 2.19. The minimum atomic E-state index is 0.00666. The van der Waals surface area contributed by atoms with Crippen molar-refractivity contribution in [2.45, 2.75) is 25.4 Å². The number of piperidine rings is 1. The van der Waals surface area contributed by atoms with E-state index in [9.17, 15) is 4.79 Å². The Morgan fingerprint density at radius 1 is 0.933 bits per heavy atom. The topological polar surface area (TPSA) is 54.5 Å². The highest BCUT2D eigenvalue weighted by Gasteiger charge is 2.23. The molecular formula is C25H27N3O2. The third-order valence-corrected chi connectivity index (χ3v) is 5.41. The van der Waals surface area contributed by atoms with Gasteiger partial charge in [0.05, 0.1) is 0 Å². The Balaban J connectivity index is 1.18. The zero-order valence-electron chi connectivity index (χ0n) is 17.0. The average Bonchev–Trinajstić information content (AvgIpc) is 2.81. The van der Waals surface area contributed by atoms with Gasteiger partial charge in [-0.3, -0.25) is 0 Å². The van der Waals surface area contributed by atoms with Crippen LogP contribution in [0.15, 0.2) is 79.0 Å². The van der Waals surface area contributed by atoms with Gasteiger partial charge in [-0.25, -0.2) is 9.78 Å². The molecule has 0 radical (unpaired) electrons. The molecule has 1 aromatic heterocycles. The third-order valence-electron chi connectivity index (χ3n) is 5.41. The molecule has 1 fully saturated rings. The minimum absolute atomic E-state index is 0.00666. The molecule has 0 spiro atoms.